The van der Waals surface area contributed by atoms with E-state index in [1.54, 1.807) is 0 Å². The molecule has 0 saturated carbocycles. The summed E-state index contributed by atoms with van der Waals surface area (Å²) < 4.78 is 65.5. The largest absolute Gasteiger partial charge is 0.481 e. The molecule has 0 radical (unpaired) electrons. The number of anilines is 1. The molecule has 0 unspecified atom stereocenters. The van der Waals surface area contributed by atoms with E-state index in [1.807, 2.05) is 0 Å². The molecule has 6 nitrogen and oxygen atoms in total. The van der Waals surface area contributed by atoms with Crippen molar-refractivity contribution in [1.82, 2.24) is 9.97 Å². The van der Waals surface area contributed by atoms with Gasteiger partial charge in [0.2, 0.25) is 11.8 Å². The third-order valence-corrected chi connectivity index (χ3v) is 4.81. The molecule has 2 rings (SSSR count). The second kappa shape index (κ2) is 5.66. The van der Waals surface area contributed by atoms with E-state index in [1.165, 1.54) is 7.11 Å². The summed E-state index contributed by atoms with van der Waals surface area (Å²) in [6.45, 7) is 0. The van der Waals surface area contributed by atoms with Crippen LogP contribution in [0.15, 0.2) is 6.07 Å². The number of ether oxygens (including phenoxy) is 1. The van der Waals surface area contributed by atoms with Gasteiger partial charge in [-0.1, -0.05) is 0 Å². The highest BCUT2D eigenvalue weighted by atomic mass is 32.2. The van der Waals surface area contributed by atoms with Gasteiger partial charge in [-0.15, -0.1) is 0 Å². The predicted octanol–water partition coefficient (Wildman–Crippen LogP) is 1.49. The maximum atomic E-state index is 12.7. The van der Waals surface area contributed by atoms with Crippen LogP contribution in [0.2, 0.25) is 0 Å². The van der Waals surface area contributed by atoms with Crippen LogP contribution in [0.4, 0.5) is 19.1 Å². The zero-order valence-electron chi connectivity index (χ0n) is 11.1. The van der Waals surface area contributed by atoms with E-state index in [2.05, 4.69) is 15.3 Å². The fraction of sp³-hybridized carbons (Fsp3) is 0.636. The molecule has 1 saturated heterocycles. The van der Waals surface area contributed by atoms with Gasteiger partial charge in [0, 0.05) is 12.1 Å². The first-order chi connectivity index (χ1) is 9.69. The molecule has 10 heteroatoms. The van der Waals surface area contributed by atoms with Crippen LogP contribution in [0.25, 0.3) is 0 Å². The maximum absolute atomic E-state index is 12.7. The number of halogens is 3. The van der Waals surface area contributed by atoms with E-state index in [0.717, 1.165) is 0 Å². The van der Waals surface area contributed by atoms with E-state index < -0.39 is 21.7 Å². The lowest BCUT2D eigenvalue weighted by atomic mass is 10.2. The van der Waals surface area contributed by atoms with E-state index in [4.69, 9.17) is 4.74 Å². The molecule has 21 heavy (non-hydrogen) atoms. The first kappa shape index (κ1) is 15.8. The van der Waals surface area contributed by atoms with E-state index in [0.29, 0.717) is 18.9 Å². The van der Waals surface area contributed by atoms with Crippen LogP contribution in [0.3, 0.4) is 0 Å². The van der Waals surface area contributed by atoms with Gasteiger partial charge in [-0.3, -0.25) is 0 Å². The zero-order valence-corrected chi connectivity index (χ0v) is 12.0. The number of sulfone groups is 1. The maximum Gasteiger partial charge on any atom is 0.433 e. The fourth-order valence-electron chi connectivity index (χ4n) is 1.96. The minimum atomic E-state index is -4.61. The fourth-order valence-corrected chi connectivity index (χ4v) is 3.45. The van der Waals surface area contributed by atoms with Crippen LogP contribution in [0.1, 0.15) is 18.5 Å². The summed E-state index contributed by atoms with van der Waals surface area (Å²) in [6.07, 6.45) is -3.99. The van der Waals surface area contributed by atoms with E-state index in [-0.39, 0.29) is 29.4 Å². The Bertz CT molecular complexity index is 605. The van der Waals surface area contributed by atoms with Crippen molar-refractivity contribution >= 4 is 15.8 Å². The van der Waals surface area contributed by atoms with Crippen molar-refractivity contribution in [1.29, 1.82) is 0 Å². The molecule has 0 aromatic carbocycles. The molecule has 1 N–H and O–H groups in total. The second-order valence-corrected chi connectivity index (χ2v) is 6.99. The van der Waals surface area contributed by atoms with Crippen molar-refractivity contribution in [3.8, 4) is 5.88 Å². The van der Waals surface area contributed by atoms with Gasteiger partial charge in [-0.25, -0.2) is 13.4 Å². The summed E-state index contributed by atoms with van der Waals surface area (Å²) >= 11 is 0. The van der Waals surface area contributed by atoms with Crippen molar-refractivity contribution in [2.24, 2.45) is 0 Å². The Morgan fingerprint density at radius 1 is 1.29 bits per heavy atom. The van der Waals surface area contributed by atoms with Crippen molar-refractivity contribution in [3.05, 3.63) is 11.8 Å². The number of nitrogens with zero attached hydrogens (tertiary/aromatic N) is 2. The van der Waals surface area contributed by atoms with E-state index >= 15 is 0 Å². The summed E-state index contributed by atoms with van der Waals surface area (Å²) in [6, 6.07) is 0.429. The third-order valence-electron chi connectivity index (χ3n) is 3.09. The Kier molecular flexibility index (Phi) is 4.26. The zero-order chi connectivity index (χ0) is 15.7. The predicted molar refractivity (Wildman–Crippen MR) is 68.9 cm³/mol. The summed E-state index contributed by atoms with van der Waals surface area (Å²) in [4.78, 5) is 7.21. The van der Waals surface area contributed by atoms with Gasteiger partial charge in [0.1, 0.15) is 9.84 Å². The number of rotatable bonds is 3. The summed E-state index contributed by atoms with van der Waals surface area (Å²) in [7, 11) is -1.83. The molecule has 118 valence electrons. The average Bonchev–Trinajstić information content (AvgIpc) is 2.40. The number of methoxy groups -OCH3 is 1. The van der Waals surface area contributed by atoms with Crippen LogP contribution >= 0.6 is 0 Å². The Labute approximate surface area is 119 Å². The molecule has 1 aliphatic heterocycles. The first-order valence-corrected chi connectivity index (χ1v) is 7.99. The minimum absolute atomic E-state index is 0.000757. The Morgan fingerprint density at radius 3 is 2.43 bits per heavy atom. The number of hydrogen-bond acceptors (Lipinski definition) is 6. The lowest BCUT2D eigenvalue weighted by Crippen LogP contribution is -2.32. The van der Waals surface area contributed by atoms with Gasteiger partial charge in [0.25, 0.3) is 0 Å². The molecule has 1 aromatic rings. The molecule has 1 fully saturated rings. The topological polar surface area (TPSA) is 81.2 Å². The van der Waals surface area contributed by atoms with Crippen molar-refractivity contribution in [2.45, 2.75) is 25.1 Å². The lowest BCUT2D eigenvalue weighted by molar-refractivity contribution is -0.141. The third kappa shape index (κ3) is 4.19. The highest BCUT2D eigenvalue weighted by Crippen LogP contribution is 2.30. The normalized spacial score (nSPS) is 19.2. The molecular weight excluding hydrogens is 311 g/mol. The Morgan fingerprint density at radius 2 is 1.90 bits per heavy atom. The second-order valence-electron chi connectivity index (χ2n) is 4.69. The molecule has 0 aliphatic carbocycles. The van der Waals surface area contributed by atoms with Crippen LogP contribution in [0.5, 0.6) is 5.88 Å². The number of aromatic nitrogens is 2. The van der Waals surface area contributed by atoms with Gasteiger partial charge < -0.3 is 10.1 Å². The molecule has 1 aliphatic rings. The Balaban J connectivity index is 2.16. The standard InChI is InChI=1S/C11H14F3N3O3S/c1-20-9-6-8(11(12,13)14)16-10(17-9)15-7-2-4-21(18,19)5-3-7/h6-7H,2-5H2,1H3,(H,15,16,17). The van der Waals surface area contributed by atoms with Crippen molar-refractivity contribution in [3.63, 3.8) is 0 Å². The van der Waals surface area contributed by atoms with Crippen LogP contribution in [-0.4, -0.2) is 43.0 Å². The quantitative estimate of drug-likeness (QED) is 0.907. The molecule has 0 spiro atoms. The van der Waals surface area contributed by atoms with Gasteiger partial charge in [0.05, 0.1) is 18.6 Å². The first-order valence-electron chi connectivity index (χ1n) is 6.17. The van der Waals surface area contributed by atoms with Gasteiger partial charge in [-0.05, 0) is 12.8 Å². The molecule has 0 amide bonds. The summed E-state index contributed by atoms with van der Waals surface area (Å²) in [5.74, 6) is -0.420. The Hall–Kier alpha value is -1.58. The highest BCUT2D eigenvalue weighted by Gasteiger charge is 2.34. The number of hydrogen-bond donors (Lipinski definition) is 1. The van der Waals surface area contributed by atoms with Crippen molar-refractivity contribution < 1.29 is 26.3 Å². The number of nitrogens with one attached hydrogen (secondary N) is 1. The molecule has 0 bridgehead atoms. The van der Waals surface area contributed by atoms with Gasteiger partial charge in [0.15, 0.2) is 5.69 Å². The SMILES string of the molecule is COc1cc(C(F)(F)F)nc(NC2CCS(=O)(=O)CC2)n1. The highest BCUT2D eigenvalue weighted by molar-refractivity contribution is 7.91. The molecular formula is C11H14F3N3O3S. The van der Waals surface area contributed by atoms with Crippen LogP contribution in [0, 0.1) is 0 Å². The van der Waals surface area contributed by atoms with Crippen molar-refractivity contribution in [2.75, 3.05) is 23.9 Å². The minimum Gasteiger partial charge on any atom is -0.481 e. The van der Waals surface area contributed by atoms with E-state index in [9.17, 15) is 21.6 Å². The smallest absolute Gasteiger partial charge is 0.433 e. The van der Waals surface area contributed by atoms with Gasteiger partial charge in [-0.2, -0.15) is 18.2 Å². The molecule has 1 aromatic heterocycles. The number of alkyl halides is 3. The van der Waals surface area contributed by atoms with Crippen LogP contribution < -0.4 is 10.1 Å². The summed E-state index contributed by atoms with van der Waals surface area (Å²) in [5.41, 5.74) is -1.11. The summed E-state index contributed by atoms with van der Waals surface area (Å²) in [5, 5.41) is 2.74. The van der Waals surface area contributed by atoms with Gasteiger partial charge >= 0.3 is 6.18 Å². The lowest BCUT2D eigenvalue weighted by Gasteiger charge is -2.23. The monoisotopic (exact) mass is 325 g/mol. The van der Waals surface area contributed by atoms with Crippen LogP contribution in [-0.2, 0) is 16.0 Å². The molecule has 0 atom stereocenters. The molecule has 2 heterocycles. The average molecular weight is 325 g/mol.